The van der Waals surface area contributed by atoms with Gasteiger partial charge in [0.1, 0.15) is 23.3 Å². The van der Waals surface area contributed by atoms with Crippen LogP contribution in [0.15, 0.2) is 36.7 Å². The largest absolute Gasteiger partial charge is 0.354 e. The van der Waals surface area contributed by atoms with E-state index in [0.29, 0.717) is 42.8 Å². The van der Waals surface area contributed by atoms with Gasteiger partial charge in [-0.05, 0) is 30.9 Å². The molecule has 4 rings (SSSR count). The zero-order valence-corrected chi connectivity index (χ0v) is 15.0. The third-order valence-corrected chi connectivity index (χ3v) is 5.17. The number of aromatic nitrogens is 3. The molecule has 140 valence electrons. The maximum Gasteiger partial charge on any atom is 0.172 e. The minimum absolute atomic E-state index is 0.0918. The number of benzene rings is 1. The minimum Gasteiger partial charge on any atom is -0.354 e. The highest BCUT2D eigenvalue weighted by Crippen LogP contribution is 2.37. The standard InChI is InChI=1S/C19H16ClF3N4/c20-18-19(26-15-3-6-24-10-16(15)25-18)27-7-4-11(5-8-27)17(23)13-2-1-12(21)9-14(13)22/h1-3,6,9-11,17H,4-5,7-8H2/t17-/m0/s1. The molecule has 1 aromatic carbocycles. The lowest BCUT2D eigenvalue weighted by molar-refractivity contribution is 0.193. The highest BCUT2D eigenvalue weighted by atomic mass is 35.5. The van der Waals surface area contributed by atoms with Crippen LogP contribution in [0.5, 0.6) is 0 Å². The smallest absolute Gasteiger partial charge is 0.172 e. The van der Waals surface area contributed by atoms with Gasteiger partial charge in [0.15, 0.2) is 11.0 Å². The Labute approximate surface area is 159 Å². The van der Waals surface area contributed by atoms with Gasteiger partial charge in [-0.2, -0.15) is 0 Å². The van der Waals surface area contributed by atoms with E-state index >= 15 is 0 Å². The maximum absolute atomic E-state index is 14.8. The van der Waals surface area contributed by atoms with Gasteiger partial charge in [-0.25, -0.2) is 23.1 Å². The van der Waals surface area contributed by atoms with E-state index < -0.39 is 17.8 Å². The van der Waals surface area contributed by atoms with Crippen LogP contribution in [0.25, 0.3) is 11.0 Å². The van der Waals surface area contributed by atoms with Crippen LogP contribution in [-0.4, -0.2) is 28.0 Å². The number of pyridine rings is 1. The van der Waals surface area contributed by atoms with Gasteiger partial charge in [-0.1, -0.05) is 17.7 Å². The van der Waals surface area contributed by atoms with E-state index in [1.165, 1.54) is 6.07 Å². The molecule has 0 N–H and O–H groups in total. The number of alkyl halides is 1. The van der Waals surface area contributed by atoms with Gasteiger partial charge in [0.05, 0.1) is 11.7 Å². The molecular weight excluding hydrogens is 377 g/mol. The summed E-state index contributed by atoms with van der Waals surface area (Å²) in [6, 6.07) is 4.74. The van der Waals surface area contributed by atoms with Crippen LogP contribution in [0.1, 0.15) is 24.6 Å². The number of hydrogen-bond acceptors (Lipinski definition) is 4. The number of halogens is 4. The lowest BCUT2D eigenvalue weighted by Crippen LogP contribution is -2.36. The van der Waals surface area contributed by atoms with Crippen LogP contribution in [0.4, 0.5) is 19.0 Å². The lowest BCUT2D eigenvalue weighted by atomic mass is 9.88. The summed E-state index contributed by atoms with van der Waals surface area (Å²) in [5.74, 6) is -1.35. The molecule has 3 heterocycles. The summed E-state index contributed by atoms with van der Waals surface area (Å²) in [5, 5.41) is 0.273. The Kier molecular flexibility index (Phi) is 4.86. The second-order valence-electron chi connectivity index (χ2n) is 6.59. The molecular formula is C19H16ClF3N4. The van der Waals surface area contributed by atoms with Crippen molar-refractivity contribution in [3.63, 3.8) is 0 Å². The van der Waals surface area contributed by atoms with Crippen LogP contribution < -0.4 is 4.90 Å². The maximum atomic E-state index is 14.8. The molecule has 1 aliphatic rings. The molecule has 1 fully saturated rings. The van der Waals surface area contributed by atoms with Gasteiger partial charge in [0, 0.05) is 30.9 Å². The Morgan fingerprint density at radius 3 is 2.59 bits per heavy atom. The minimum atomic E-state index is -1.48. The molecule has 0 aliphatic carbocycles. The predicted molar refractivity (Wildman–Crippen MR) is 97.5 cm³/mol. The summed E-state index contributed by atoms with van der Waals surface area (Å²) in [7, 11) is 0. The van der Waals surface area contributed by atoms with Gasteiger partial charge in [0.2, 0.25) is 0 Å². The summed E-state index contributed by atoms with van der Waals surface area (Å²) in [4.78, 5) is 14.8. The van der Waals surface area contributed by atoms with Crippen LogP contribution >= 0.6 is 11.6 Å². The van der Waals surface area contributed by atoms with Crippen molar-refractivity contribution < 1.29 is 13.2 Å². The van der Waals surface area contributed by atoms with E-state index in [2.05, 4.69) is 15.0 Å². The lowest BCUT2D eigenvalue weighted by Gasteiger charge is -2.34. The molecule has 3 aromatic rings. The Morgan fingerprint density at radius 1 is 1.07 bits per heavy atom. The predicted octanol–water partition coefficient (Wildman–Crippen LogP) is 4.88. The van der Waals surface area contributed by atoms with Crippen LogP contribution in [-0.2, 0) is 0 Å². The van der Waals surface area contributed by atoms with E-state index in [1.54, 1.807) is 18.5 Å². The first kappa shape index (κ1) is 18.0. The number of anilines is 1. The Morgan fingerprint density at radius 2 is 1.85 bits per heavy atom. The van der Waals surface area contributed by atoms with Crippen molar-refractivity contribution in [2.45, 2.75) is 19.0 Å². The molecule has 0 spiro atoms. The van der Waals surface area contributed by atoms with Crippen molar-refractivity contribution in [3.8, 4) is 0 Å². The summed E-state index contributed by atoms with van der Waals surface area (Å²) in [6.45, 7) is 1.05. The van der Waals surface area contributed by atoms with Crippen molar-refractivity contribution in [2.75, 3.05) is 18.0 Å². The van der Waals surface area contributed by atoms with Gasteiger partial charge in [-0.3, -0.25) is 4.98 Å². The fraction of sp³-hybridized carbons (Fsp3) is 0.316. The molecule has 4 nitrogen and oxygen atoms in total. The molecule has 8 heteroatoms. The zero-order chi connectivity index (χ0) is 19.0. The van der Waals surface area contributed by atoms with Crippen LogP contribution in [0.3, 0.4) is 0 Å². The SMILES string of the molecule is Fc1ccc([C@@H](F)C2CCN(c3nc4ccncc4nc3Cl)CC2)c(F)c1. The van der Waals surface area contributed by atoms with Crippen molar-refractivity contribution in [3.05, 3.63) is 59.0 Å². The average molecular weight is 393 g/mol. The fourth-order valence-electron chi connectivity index (χ4n) is 3.46. The molecule has 0 saturated carbocycles. The van der Waals surface area contributed by atoms with Crippen LogP contribution in [0, 0.1) is 17.6 Å². The van der Waals surface area contributed by atoms with E-state index in [0.717, 1.165) is 12.1 Å². The number of hydrogen-bond donors (Lipinski definition) is 0. The molecule has 2 aromatic heterocycles. The molecule has 0 radical (unpaired) electrons. The Bertz CT molecular complexity index is 976. The van der Waals surface area contributed by atoms with Crippen molar-refractivity contribution in [1.29, 1.82) is 0 Å². The highest BCUT2D eigenvalue weighted by Gasteiger charge is 2.30. The summed E-state index contributed by atoms with van der Waals surface area (Å²) in [5.41, 5.74) is 1.20. The molecule has 1 aliphatic heterocycles. The molecule has 1 saturated heterocycles. The average Bonchev–Trinajstić information content (AvgIpc) is 2.67. The monoisotopic (exact) mass is 392 g/mol. The van der Waals surface area contributed by atoms with E-state index in [9.17, 15) is 13.2 Å². The zero-order valence-electron chi connectivity index (χ0n) is 14.2. The second kappa shape index (κ2) is 7.31. The number of nitrogens with zero attached hydrogens (tertiary/aromatic N) is 4. The molecule has 0 unspecified atom stereocenters. The first-order chi connectivity index (χ1) is 13.0. The quantitative estimate of drug-likeness (QED) is 0.636. The van der Waals surface area contributed by atoms with Gasteiger partial charge in [-0.15, -0.1) is 0 Å². The third kappa shape index (κ3) is 3.56. The summed E-state index contributed by atoms with van der Waals surface area (Å²) < 4.78 is 41.7. The van der Waals surface area contributed by atoms with E-state index in [1.807, 2.05) is 4.90 Å². The molecule has 0 amide bonds. The number of fused-ring (bicyclic) bond motifs is 1. The van der Waals surface area contributed by atoms with Crippen LogP contribution in [0.2, 0.25) is 5.15 Å². The van der Waals surface area contributed by atoms with Crippen molar-refractivity contribution >= 4 is 28.5 Å². The normalized spacial score (nSPS) is 16.7. The van der Waals surface area contributed by atoms with Crippen molar-refractivity contribution in [1.82, 2.24) is 15.0 Å². The molecule has 27 heavy (non-hydrogen) atoms. The highest BCUT2D eigenvalue weighted by molar-refractivity contribution is 6.32. The summed E-state index contributed by atoms with van der Waals surface area (Å²) in [6.07, 6.45) is 2.76. The number of piperidine rings is 1. The van der Waals surface area contributed by atoms with E-state index in [-0.39, 0.29) is 16.6 Å². The van der Waals surface area contributed by atoms with E-state index in [4.69, 9.17) is 11.6 Å². The van der Waals surface area contributed by atoms with Gasteiger partial charge in [0.25, 0.3) is 0 Å². The fourth-order valence-corrected chi connectivity index (χ4v) is 3.71. The number of rotatable bonds is 3. The first-order valence-electron chi connectivity index (χ1n) is 8.64. The Hall–Kier alpha value is -2.41. The molecule has 1 atom stereocenters. The summed E-state index contributed by atoms with van der Waals surface area (Å²) >= 11 is 6.26. The second-order valence-corrected chi connectivity index (χ2v) is 6.95. The topological polar surface area (TPSA) is 41.9 Å². The van der Waals surface area contributed by atoms with Gasteiger partial charge < -0.3 is 4.90 Å². The Balaban J connectivity index is 1.49. The molecule has 0 bridgehead atoms. The first-order valence-corrected chi connectivity index (χ1v) is 9.02. The van der Waals surface area contributed by atoms with Crippen molar-refractivity contribution in [2.24, 2.45) is 5.92 Å². The van der Waals surface area contributed by atoms with Gasteiger partial charge >= 0.3 is 0 Å². The third-order valence-electron chi connectivity index (χ3n) is 4.92.